The smallest absolute Gasteiger partial charge is 0.336 e. The molecule has 1 aromatic heterocycles. The van der Waals surface area contributed by atoms with E-state index >= 15 is 0 Å². The number of ether oxygens (including phenoxy) is 3. The van der Waals surface area contributed by atoms with E-state index in [4.69, 9.17) is 14.2 Å². The minimum absolute atomic E-state index is 0.0500. The number of carbonyl (C=O) groups is 1. The molecule has 0 aliphatic rings. The monoisotopic (exact) mass is 306 g/mol. The Kier molecular flexibility index (Phi) is 4.84. The molecule has 0 saturated carbocycles. The van der Waals surface area contributed by atoms with Crippen LogP contribution in [0.5, 0.6) is 5.75 Å². The Morgan fingerprint density at radius 1 is 1.32 bits per heavy atom. The van der Waals surface area contributed by atoms with Gasteiger partial charge in [0.25, 0.3) is 0 Å². The maximum absolute atomic E-state index is 11.3. The molecule has 2 aromatic rings. The molecule has 0 N–H and O–H groups in total. The molecule has 116 valence electrons. The topological polar surface area (TPSA) is 101 Å². The van der Waals surface area contributed by atoms with Gasteiger partial charge in [0.1, 0.15) is 6.61 Å². The predicted octanol–water partition coefficient (Wildman–Crippen LogP) is 2.19. The highest BCUT2D eigenvalue weighted by molar-refractivity contribution is 5.90. The van der Waals surface area contributed by atoms with Crippen molar-refractivity contribution in [3.8, 4) is 5.75 Å². The third-order valence-electron chi connectivity index (χ3n) is 2.79. The van der Waals surface area contributed by atoms with E-state index in [1.54, 1.807) is 18.2 Å². The zero-order chi connectivity index (χ0) is 16.1. The molecular weight excluding hydrogens is 292 g/mol. The fourth-order valence-corrected chi connectivity index (χ4v) is 1.87. The van der Waals surface area contributed by atoms with Gasteiger partial charge in [-0.25, -0.2) is 4.98 Å². The summed E-state index contributed by atoms with van der Waals surface area (Å²) in [5, 5.41) is 11.9. The Balaban J connectivity index is 2.49. The van der Waals surface area contributed by atoms with Gasteiger partial charge >= 0.3 is 11.7 Å². The van der Waals surface area contributed by atoms with Crippen molar-refractivity contribution in [2.24, 2.45) is 0 Å². The van der Waals surface area contributed by atoms with Crippen LogP contribution in [0.15, 0.2) is 24.3 Å². The van der Waals surface area contributed by atoms with E-state index in [0.717, 1.165) is 0 Å². The fourth-order valence-electron chi connectivity index (χ4n) is 1.87. The van der Waals surface area contributed by atoms with Crippen molar-refractivity contribution in [2.45, 2.75) is 13.5 Å². The lowest BCUT2D eigenvalue weighted by molar-refractivity contribution is -0.384. The van der Waals surface area contributed by atoms with Crippen LogP contribution in [-0.2, 0) is 20.9 Å². The van der Waals surface area contributed by atoms with Crippen LogP contribution in [0.3, 0.4) is 0 Å². The number of nitro benzene ring substituents is 1. The van der Waals surface area contributed by atoms with E-state index in [0.29, 0.717) is 11.1 Å². The van der Waals surface area contributed by atoms with Crippen molar-refractivity contribution in [1.29, 1.82) is 0 Å². The van der Waals surface area contributed by atoms with Gasteiger partial charge in [-0.2, -0.15) is 0 Å². The number of rotatable bonds is 6. The number of benzene rings is 1. The molecule has 0 saturated heterocycles. The summed E-state index contributed by atoms with van der Waals surface area (Å²) in [5.74, 6) is -0.384. The van der Waals surface area contributed by atoms with Crippen molar-refractivity contribution >= 4 is 22.6 Å². The molecular formula is C14H14N2O6. The fraction of sp³-hybridized carbons (Fsp3) is 0.286. The van der Waals surface area contributed by atoms with Crippen molar-refractivity contribution in [3.63, 3.8) is 0 Å². The summed E-state index contributed by atoms with van der Waals surface area (Å²) in [6.45, 7) is 1.12. The second kappa shape index (κ2) is 6.81. The van der Waals surface area contributed by atoms with Crippen LogP contribution >= 0.6 is 0 Å². The Morgan fingerprint density at radius 2 is 2.05 bits per heavy atom. The molecule has 0 aliphatic heterocycles. The Hall–Kier alpha value is -2.74. The average Bonchev–Trinajstić information content (AvgIpc) is 2.49. The van der Waals surface area contributed by atoms with Gasteiger partial charge in [0.15, 0.2) is 12.3 Å². The lowest BCUT2D eigenvalue weighted by atomic mass is 10.1. The number of esters is 1. The van der Waals surface area contributed by atoms with Gasteiger partial charge in [0.2, 0.25) is 5.75 Å². The van der Waals surface area contributed by atoms with Crippen molar-refractivity contribution in [1.82, 2.24) is 4.98 Å². The molecule has 0 unspecified atom stereocenters. The van der Waals surface area contributed by atoms with Crippen LogP contribution in [0.4, 0.5) is 5.69 Å². The van der Waals surface area contributed by atoms with Crippen LogP contribution in [0.2, 0.25) is 0 Å². The molecule has 0 fully saturated rings. The largest absolute Gasteiger partial charge is 0.460 e. The maximum atomic E-state index is 11.3. The highest BCUT2D eigenvalue weighted by atomic mass is 16.7. The summed E-state index contributed by atoms with van der Waals surface area (Å²) in [4.78, 5) is 25.8. The van der Waals surface area contributed by atoms with Gasteiger partial charge in [0, 0.05) is 19.4 Å². The first kappa shape index (κ1) is 15.6. The molecule has 1 heterocycles. The van der Waals surface area contributed by atoms with Crippen molar-refractivity contribution < 1.29 is 23.9 Å². The molecule has 0 spiro atoms. The molecule has 22 heavy (non-hydrogen) atoms. The Bertz CT molecular complexity index is 716. The number of aromatic nitrogens is 1. The standard InChI is InChI=1S/C14H14N2O6/c1-9(17)21-7-11-5-3-10-4-6-12(22-8-20-2)14(16(18)19)13(10)15-11/h3-6H,7-8H2,1-2H3. The van der Waals surface area contributed by atoms with Crippen molar-refractivity contribution in [2.75, 3.05) is 13.9 Å². The average molecular weight is 306 g/mol. The predicted molar refractivity (Wildman–Crippen MR) is 76.4 cm³/mol. The molecule has 0 radical (unpaired) electrons. The second-order valence-electron chi connectivity index (χ2n) is 4.37. The third-order valence-corrected chi connectivity index (χ3v) is 2.79. The summed E-state index contributed by atoms with van der Waals surface area (Å²) < 4.78 is 14.8. The van der Waals surface area contributed by atoms with E-state index in [1.807, 2.05) is 0 Å². The highest BCUT2D eigenvalue weighted by Crippen LogP contribution is 2.34. The lowest BCUT2D eigenvalue weighted by Crippen LogP contribution is -2.04. The van der Waals surface area contributed by atoms with Crippen LogP contribution in [0.25, 0.3) is 10.9 Å². The molecule has 0 atom stereocenters. The number of nitro groups is 1. The second-order valence-corrected chi connectivity index (χ2v) is 4.37. The number of pyridine rings is 1. The number of carbonyl (C=O) groups excluding carboxylic acids is 1. The molecule has 8 nitrogen and oxygen atoms in total. The van der Waals surface area contributed by atoms with Gasteiger partial charge in [-0.15, -0.1) is 0 Å². The van der Waals surface area contributed by atoms with Crippen LogP contribution < -0.4 is 4.74 Å². The maximum Gasteiger partial charge on any atom is 0.336 e. The number of fused-ring (bicyclic) bond motifs is 1. The van der Waals surface area contributed by atoms with Crippen LogP contribution in [-0.4, -0.2) is 29.8 Å². The third kappa shape index (κ3) is 3.47. The van der Waals surface area contributed by atoms with Gasteiger partial charge in [-0.1, -0.05) is 6.07 Å². The lowest BCUT2D eigenvalue weighted by Gasteiger charge is -2.08. The van der Waals surface area contributed by atoms with Gasteiger partial charge in [0.05, 0.1) is 10.6 Å². The first-order valence-electron chi connectivity index (χ1n) is 6.35. The SMILES string of the molecule is COCOc1ccc2ccc(COC(C)=O)nc2c1[N+](=O)[O-]. The van der Waals surface area contributed by atoms with E-state index in [2.05, 4.69) is 4.98 Å². The Labute approximate surface area is 125 Å². The van der Waals surface area contributed by atoms with E-state index in [1.165, 1.54) is 20.1 Å². The van der Waals surface area contributed by atoms with Gasteiger partial charge < -0.3 is 14.2 Å². The summed E-state index contributed by atoms with van der Waals surface area (Å²) in [5.41, 5.74) is 0.331. The molecule has 2 rings (SSSR count). The van der Waals surface area contributed by atoms with E-state index < -0.39 is 10.9 Å². The van der Waals surface area contributed by atoms with Gasteiger partial charge in [-0.05, 0) is 18.2 Å². The van der Waals surface area contributed by atoms with E-state index in [9.17, 15) is 14.9 Å². The zero-order valence-corrected chi connectivity index (χ0v) is 12.1. The summed E-state index contributed by atoms with van der Waals surface area (Å²) in [7, 11) is 1.42. The molecule has 0 bridgehead atoms. The number of hydrogen-bond acceptors (Lipinski definition) is 7. The Morgan fingerprint density at radius 3 is 2.68 bits per heavy atom. The first-order chi connectivity index (χ1) is 10.5. The molecule has 8 heteroatoms. The molecule has 0 amide bonds. The first-order valence-corrected chi connectivity index (χ1v) is 6.35. The van der Waals surface area contributed by atoms with Gasteiger partial charge in [-0.3, -0.25) is 14.9 Å². The summed E-state index contributed by atoms with van der Waals surface area (Å²) >= 11 is 0. The van der Waals surface area contributed by atoms with E-state index in [-0.39, 0.29) is 30.4 Å². The summed E-state index contributed by atoms with van der Waals surface area (Å²) in [6, 6.07) is 6.47. The number of nitrogens with zero attached hydrogens (tertiary/aromatic N) is 2. The van der Waals surface area contributed by atoms with Crippen LogP contribution in [0, 0.1) is 10.1 Å². The minimum atomic E-state index is -0.560. The highest BCUT2D eigenvalue weighted by Gasteiger charge is 2.21. The normalized spacial score (nSPS) is 10.5. The minimum Gasteiger partial charge on any atom is -0.460 e. The quantitative estimate of drug-likeness (QED) is 0.349. The molecule has 0 aliphatic carbocycles. The zero-order valence-electron chi connectivity index (χ0n) is 12.1. The number of methoxy groups -OCH3 is 1. The number of hydrogen-bond donors (Lipinski definition) is 0. The molecule has 1 aromatic carbocycles. The van der Waals surface area contributed by atoms with Crippen LogP contribution in [0.1, 0.15) is 12.6 Å². The van der Waals surface area contributed by atoms with Crippen molar-refractivity contribution in [3.05, 3.63) is 40.1 Å². The summed E-state index contributed by atoms with van der Waals surface area (Å²) in [6.07, 6.45) is 0.